The molecule has 0 aliphatic heterocycles. The number of carboxylic acid groups (broad SMARTS) is 1. The van der Waals surface area contributed by atoms with Crippen LogP contribution in [0.3, 0.4) is 0 Å². The molecule has 0 saturated heterocycles. The van der Waals surface area contributed by atoms with E-state index in [-0.39, 0.29) is 0 Å². The summed E-state index contributed by atoms with van der Waals surface area (Å²) in [5.74, 6) is -3.56. The number of rotatable bonds is 14. The van der Waals surface area contributed by atoms with Gasteiger partial charge in [-0.25, -0.2) is 4.79 Å². The van der Waals surface area contributed by atoms with E-state index in [1.807, 2.05) is 18.2 Å². The summed E-state index contributed by atoms with van der Waals surface area (Å²) in [6.07, 6.45) is 19.2. The smallest absolute Gasteiger partial charge is 0.370 e. The van der Waals surface area contributed by atoms with E-state index in [0.29, 0.717) is 12.8 Å². The molecule has 0 aliphatic carbocycles. The number of allylic oxidation sites excluding steroid dienone is 7. The molecule has 5 nitrogen and oxygen atoms in total. The molecule has 0 rings (SSSR count). The number of aliphatic carboxylic acids is 1. The molecule has 0 aliphatic rings. The van der Waals surface area contributed by atoms with Gasteiger partial charge in [0.2, 0.25) is 5.76 Å². The zero-order valence-electron chi connectivity index (χ0n) is 15.1. The van der Waals surface area contributed by atoms with Gasteiger partial charge in [-0.1, -0.05) is 62.6 Å². The highest BCUT2D eigenvalue weighted by molar-refractivity contribution is 5.83. The average molecular weight is 352 g/mol. The maximum absolute atomic E-state index is 10.3. The third kappa shape index (κ3) is 15.4. The third-order valence-electron chi connectivity index (χ3n) is 3.68. The van der Waals surface area contributed by atoms with E-state index in [0.717, 1.165) is 51.0 Å². The van der Waals surface area contributed by atoms with Crippen molar-refractivity contribution in [3.63, 3.8) is 0 Å². The largest absolute Gasteiger partial charge is 0.502 e. The predicted octanol–water partition coefficient (Wildman–Crippen LogP) is 4.39. The lowest BCUT2D eigenvalue weighted by molar-refractivity contribution is -0.172. The lowest BCUT2D eigenvalue weighted by atomic mass is 10.0. The van der Waals surface area contributed by atoms with Crippen molar-refractivity contribution < 1.29 is 25.2 Å². The minimum atomic E-state index is -1.51. The van der Waals surface area contributed by atoms with Crippen molar-refractivity contribution >= 4 is 5.97 Å². The molecule has 0 aromatic rings. The molecule has 0 bridgehead atoms. The van der Waals surface area contributed by atoms with E-state index in [1.165, 1.54) is 6.08 Å². The van der Waals surface area contributed by atoms with Gasteiger partial charge >= 0.3 is 5.97 Å². The van der Waals surface area contributed by atoms with Gasteiger partial charge in [-0.2, -0.15) is 0 Å². The highest BCUT2D eigenvalue weighted by Gasteiger charge is 2.20. The van der Waals surface area contributed by atoms with Gasteiger partial charge in [0.15, 0.2) is 5.79 Å². The molecule has 0 fully saturated rings. The molecule has 0 atom stereocenters. The van der Waals surface area contributed by atoms with Crippen LogP contribution in [-0.2, 0) is 4.79 Å². The van der Waals surface area contributed by atoms with Crippen LogP contribution < -0.4 is 0 Å². The highest BCUT2D eigenvalue weighted by Crippen LogP contribution is 2.19. The molecule has 142 valence electrons. The fourth-order valence-corrected chi connectivity index (χ4v) is 2.22. The van der Waals surface area contributed by atoms with Crippen molar-refractivity contribution in [1.82, 2.24) is 0 Å². The van der Waals surface area contributed by atoms with Gasteiger partial charge in [0.1, 0.15) is 0 Å². The molecule has 5 heteroatoms. The van der Waals surface area contributed by atoms with Gasteiger partial charge in [-0.3, -0.25) is 0 Å². The zero-order chi connectivity index (χ0) is 19.0. The molecule has 4 N–H and O–H groups in total. The average Bonchev–Trinajstić information content (AvgIpc) is 2.55. The van der Waals surface area contributed by atoms with Crippen molar-refractivity contribution in [3.05, 3.63) is 48.3 Å². The van der Waals surface area contributed by atoms with Crippen LogP contribution >= 0.6 is 0 Å². The molecule has 0 unspecified atom stereocenters. The van der Waals surface area contributed by atoms with Crippen LogP contribution in [0.4, 0.5) is 0 Å². The fourth-order valence-electron chi connectivity index (χ4n) is 2.22. The van der Waals surface area contributed by atoms with Gasteiger partial charge in [0.05, 0.1) is 0 Å². The summed E-state index contributed by atoms with van der Waals surface area (Å²) in [7, 11) is 0. The Bertz CT molecular complexity index is 472. The van der Waals surface area contributed by atoms with Gasteiger partial charge in [-0.15, -0.1) is 0 Å². The molecule has 0 heterocycles. The minimum Gasteiger partial charge on any atom is -0.502 e. The molecule has 0 radical (unpaired) electrons. The second-order valence-electron chi connectivity index (χ2n) is 6.09. The van der Waals surface area contributed by atoms with Crippen molar-refractivity contribution in [3.8, 4) is 0 Å². The predicted molar refractivity (Wildman–Crippen MR) is 100 cm³/mol. The number of hydrogen-bond acceptors (Lipinski definition) is 4. The Morgan fingerprint density at radius 2 is 1.44 bits per heavy atom. The van der Waals surface area contributed by atoms with Crippen LogP contribution in [0, 0.1) is 0 Å². The first-order valence-corrected chi connectivity index (χ1v) is 8.96. The summed E-state index contributed by atoms with van der Waals surface area (Å²) in [5.41, 5.74) is 0. The minimum absolute atomic E-state index is 0.432. The standard InChI is InChI=1S/C20H32O5/c1-2-3-13-16-20(24,25)17-14-11-9-7-5-4-6-8-10-12-15-18(21)19(22)23/h4-6,8,10,12,15,21,24-25H,2-3,7,9,11,13-14,16-17H2,1H3,(H,22,23)/b5-4+,8-6+,12-10+,18-15-. The maximum Gasteiger partial charge on any atom is 0.370 e. The van der Waals surface area contributed by atoms with Crippen molar-refractivity contribution in [2.45, 2.75) is 70.5 Å². The van der Waals surface area contributed by atoms with Crippen LogP contribution in [0.2, 0.25) is 0 Å². The molecule has 0 aromatic heterocycles. The van der Waals surface area contributed by atoms with Crippen LogP contribution in [0.25, 0.3) is 0 Å². The molecule has 0 aromatic carbocycles. The van der Waals surface area contributed by atoms with E-state index >= 15 is 0 Å². The Balaban J connectivity index is 3.73. The Labute approximate surface area is 150 Å². The molecule has 0 saturated carbocycles. The first-order valence-electron chi connectivity index (χ1n) is 8.96. The summed E-state index contributed by atoms with van der Waals surface area (Å²) in [5, 5.41) is 37.0. The van der Waals surface area contributed by atoms with Crippen LogP contribution in [0.5, 0.6) is 0 Å². The Morgan fingerprint density at radius 3 is 2.08 bits per heavy atom. The fraction of sp³-hybridized carbons (Fsp3) is 0.550. The Hall–Kier alpha value is -1.85. The summed E-state index contributed by atoms with van der Waals surface area (Å²) < 4.78 is 0. The van der Waals surface area contributed by atoms with Gasteiger partial charge in [-0.05, 0) is 31.8 Å². The number of unbranched alkanes of at least 4 members (excludes halogenated alkanes) is 5. The number of aliphatic hydroxyl groups excluding tert-OH is 1. The second kappa shape index (κ2) is 14.5. The van der Waals surface area contributed by atoms with Crippen LogP contribution in [0.15, 0.2) is 48.3 Å². The molecular formula is C20H32O5. The Morgan fingerprint density at radius 1 is 0.840 bits per heavy atom. The maximum atomic E-state index is 10.3. The summed E-state index contributed by atoms with van der Waals surface area (Å²) in [6.45, 7) is 2.09. The first-order chi connectivity index (χ1) is 11.9. The Kier molecular flexibility index (Phi) is 13.4. The number of carbonyl (C=O) groups is 1. The second-order valence-corrected chi connectivity index (χ2v) is 6.09. The first kappa shape index (κ1) is 23.1. The topological polar surface area (TPSA) is 98.0 Å². The van der Waals surface area contributed by atoms with E-state index in [9.17, 15) is 15.0 Å². The van der Waals surface area contributed by atoms with Crippen molar-refractivity contribution in [1.29, 1.82) is 0 Å². The van der Waals surface area contributed by atoms with E-state index in [2.05, 4.69) is 6.92 Å². The van der Waals surface area contributed by atoms with Crippen LogP contribution in [0.1, 0.15) is 64.7 Å². The number of aliphatic hydroxyl groups is 3. The zero-order valence-corrected chi connectivity index (χ0v) is 15.1. The van der Waals surface area contributed by atoms with E-state index in [4.69, 9.17) is 10.2 Å². The lowest BCUT2D eigenvalue weighted by Gasteiger charge is -2.21. The molecular weight excluding hydrogens is 320 g/mol. The van der Waals surface area contributed by atoms with Gasteiger partial charge in [0.25, 0.3) is 0 Å². The highest BCUT2D eigenvalue weighted by atomic mass is 16.5. The lowest BCUT2D eigenvalue weighted by Crippen LogP contribution is -2.27. The van der Waals surface area contributed by atoms with E-state index < -0.39 is 17.5 Å². The number of hydrogen-bond donors (Lipinski definition) is 4. The molecule has 0 amide bonds. The van der Waals surface area contributed by atoms with E-state index in [1.54, 1.807) is 12.2 Å². The molecule has 25 heavy (non-hydrogen) atoms. The molecule has 0 spiro atoms. The van der Waals surface area contributed by atoms with Crippen molar-refractivity contribution in [2.24, 2.45) is 0 Å². The van der Waals surface area contributed by atoms with Crippen molar-refractivity contribution in [2.75, 3.05) is 0 Å². The van der Waals surface area contributed by atoms with Gasteiger partial charge in [0, 0.05) is 12.8 Å². The summed E-state index contributed by atoms with van der Waals surface area (Å²) in [4.78, 5) is 10.3. The quantitative estimate of drug-likeness (QED) is 0.122. The normalized spacial score (nSPS) is 13.5. The summed E-state index contributed by atoms with van der Waals surface area (Å²) >= 11 is 0. The number of carboxylic acids is 1. The van der Waals surface area contributed by atoms with Crippen LogP contribution in [-0.4, -0.2) is 32.2 Å². The SMILES string of the molecule is CCCCCC(O)(O)CCCCC/C=C/C=C/C=C/C=C(\O)C(=O)O. The monoisotopic (exact) mass is 352 g/mol. The van der Waals surface area contributed by atoms with Gasteiger partial charge < -0.3 is 20.4 Å². The third-order valence-corrected chi connectivity index (χ3v) is 3.68. The summed E-state index contributed by atoms with van der Waals surface area (Å²) in [6, 6.07) is 0.